The molecule has 0 saturated heterocycles. The first-order valence-electron chi connectivity index (χ1n) is 9.53. The Morgan fingerprint density at radius 1 is 1.03 bits per heavy atom. The van der Waals surface area contributed by atoms with Gasteiger partial charge in [-0.2, -0.15) is 0 Å². The van der Waals surface area contributed by atoms with Crippen LogP contribution in [0, 0.1) is 0 Å². The summed E-state index contributed by atoms with van der Waals surface area (Å²) in [4.78, 5) is 23.3. The average molecular weight is 508 g/mol. The predicted octanol–water partition coefficient (Wildman–Crippen LogP) is -5.89. The highest BCUT2D eigenvalue weighted by Crippen LogP contribution is 2.46. The number of aliphatic imine (C=N–C) groups is 1. The molecule has 0 aromatic heterocycles. The van der Waals surface area contributed by atoms with E-state index in [0.717, 1.165) is 0 Å². The van der Waals surface area contributed by atoms with E-state index in [2.05, 4.69) is 14.0 Å². The second-order valence-corrected chi connectivity index (χ2v) is 8.42. The molecule has 1 saturated carbocycles. The number of guanidine groups is 1. The fourth-order valence-corrected chi connectivity index (χ4v) is 3.36. The first-order chi connectivity index (χ1) is 15.1. The molecule has 15 N–H and O–H groups in total. The molecule has 0 radical (unpaired) electrons. The summed E-state index contributed by atoms with van der Waals surface area (Å²) in [5.74, 6) is -0.987. The lowest BCUT2D eigenvalue weighted by atomic mass is 9.85. The molecule has 4 unspecified atom stereocenters. The number of phosphoric ester groups is 1. The summed E-state index contributed by atoms with van der Waals surface area (Å²) in [6, 6.07) is -0.820. The molecule has 1 rings (SSSR count). The van der Waals surface area contributed by atoms with Crippen molar-refractivity contribution in [2.24, 2.45) is 22.2 Å². The first-order valence-corrected chi connectivity index (χ1v) is 11.0. The average Bonchev–Trinajstić information content (AvgIpc) is 2.75. The van der Waals surface area contributed by atoms with Gasteiger partial charge in [-0.05, 0) is 12.8 Å². The summed E-state index contributed by atoms with van der Waals surface area (Å²) in [5, 5.41) is 73.2. The van der Waals surface area contributed by atoms with E-state index in [9.17, 15) is 39.8 Å². The zero-order valence-corrected chi connectivity index (χ0v) is 18.3. The maximum absolute atomic E-state index is 11.6. The van der Waals surface area contributed by atoms with Crippen LogP contribution in [0.5, 0.6) is 0 Å². The molecule has 0 amide bonds. The van der Waals surface area contributed by atoms with Gasteiger partial charge in [0, 0.05) is 6.54 Å². The number of hydrogen-bond donors (Lipinski definition) is 12. The van der Waals surface area contributed by atoms with E-state index in [4.69, 9.17) is 32.5 Å². The summed E-state index contributed by atoms with van der Waals surface area (Å²) >= 11 is 0. The molecule has 1 aliphatic rings. The van der Waals surface area contributed by atoms with Crippen LogP contribution in [0.25, 0.3) is 0 Å². The summed E-state index contributed by atoms with van der Waals surface area (Å²) < 4.78 is 20.3. The van der Waals surface area contributed by atoms with Crippen LogP contribution < -0.4 is 17.2 Å². The van der Waals surface area contributed by atoms with Crippen molar-refractivity contribution in [2.75, 3.05) is 19.8 Å². The molecule has 1 fully saturated rings. The summed E-state index contributed by atoms with van der Waals surface area (Å²) in [5.41, 5.74) is 15.3. The van der Waals surface area contributed by atoms with Crippen molar-refractivity contribution in [3.05, 3.63) is 0 Å². The second-order valence-electron chi connectivity index (χ2n) is 7.02. The summed E-state index contributed by atoms with van der Waals surface area (Å²) in [6.45, 7) is -1.08. The third-order valence-electron chi connectivity index (χ3n) is 4.25. The molecule has 0 heterocycles. The minimum Gasteiger partial charge on any atom is -0.480 e. The van der Waals surface area contributed by atoms with Crippen LogP contribution in [0.2, 0.25) is 0 Å². The Bertz CT molecular complexity index is 652. The molecule has 33 heavy (non-hydrogen) atoms. The minimum atomic E-state index is -4.87. The maximum atomic E-state index is 11.6. The molecule has 0 aromatic rings. The van der Waals surface area contributed by atoms with Crippen molar-refractivity contribution < 1.29 is 64.2 Å². The van der Waals surface area contributed by atoms with Crippen LogP contribution in [-0.4, -0.2) is 126 Å². The Morgan fingerprint density at radius 2 is 1.52 bits per heavy atom. The lowest BCUT2D eigenvalue weighted by molar-refractivity contribution is -0.220. The van der Waals surface area contributed by atoms with E-state index < -0.39 is 75.8 Å². The van der Waals surface area contributed by atoms with E-state index in [-0.39, 0.29) is 5.96 Å². The largest absolute Gasteiger partial charge is 0.480 e. The molecule has 0 bridgehead atoms. The standard InChI is InChI=1S/C9H19O11P.C6H14N4O2/c10-1-3(11)2-19-21(17,18)20-9-7(15)5(13)4(12)6(14)8(9)16;7-4(5(11)12)2-1-3-10-6(8)9/h3-16H,1-2H2,(H,17,18);4H,1-3,7H2,(H,11,12)(H4,8,9,10)/t3-,4?,5-,6+,7+,8+,9?;/m0./s1. The van der Waals surface area contributed by atoms with Gasteiger partial charge in [0.25, 0.3) is 0 Å². The van der Waals surface area contributed by atoms with Crippen molar-refractivity contribution in [2.45, 2.75) is 61.6 Å². The number of carboxylic acid groups (broad SMARTS) is 1. The van der Waals surface area contributed by atoms with Crippen LogP contribution in [-0.2, 0) is 18.4 Å². The van der Waals surface area contributed by atoms with Crippen LogP contribution in [0.4, 0.5) is 0 Å². The van der Waals surface area contributed by atoms with Crippen molar-refractivity contribution >= 4 is 19.8 Å². The molecule has 9 atom stereocenters. The third kappa shape index (κ3) is 11.5. The Morgan fingerprint density at radius 3 is 1.94 bits per heavy atom. The van der Waals surface area contributed by atoms with Gasteiger partial charge in [-0.3, -0.25) is 18.8 Å². The maximum Gasteiger partial charge on any atom is 0.472 e. The van der Waals surface area contributed by atoms with Crippen molar-refractivity contribution in [3.63, 3.8) is 0 Å². The molecule has 17 nitrogen and oxygen atoms in total. The number of carbonyl (C=O) groups is 1. The molecule has 0 aromatic carbocycles. The lowest BCUT2D eigenvalue weighted by Crippen LogP contribution is -2.64. The number of aliphatic hydroxyl groups excluding tert-OH is 7. The number of aliphatic carboxylic acids is 1. The number of aliphatic hydroxyl groups is 7. The van der Waals surface area contributed by atoms with Crippen molar-refractivity contribution in [1.29, 1.82) is 0 Å². The molecular formula is C15H33N4O13P. The zero-order valence-electron chi connectivity index (χ0n) is 17.4. The Balaban J connectivity index is 0.000000728. The minimum absolute atomic E-state index is 0.0129. The highest BCUT2D eigenvalue weighted by atomic mass is 31.2. The van der Waals surface area contributed by atoms with Crippen LogP contribution in [0.1, 0.15) is 12.8 Å². The molecular weight excluding hydrogens is 475 g/mol. The fraction of sp³-hybridized carbons (Fsp3) is 0.867. The molecule has 0 spiro atoms. The highest BCUT2D eigenvalue weighted by Gasteiger charge is 2.51. The van der Waals surface area contributed by atoms with E-state index in [1.165, 1.54) is 0 Å². The van der Waals surface area contributed by atoms with Crippen molar-refractivity contribution in [1.82, 2.24) is 0 Å². The van der Waals surface area contributed by atoms with Gasteiger partial charge in [-0.25, -0.2) is 4.57 Å². The predicted molar refractivity (Wildman–Crippen MR) is 109 cm³/mol. The first kappa shape index (κ1) is 31.5. The molecule has 18 heteroatoms. The number of phosphoric acid groups is 1. The molecule has 196 valence electrons. The van der Waals surface area contributed by atoms with E-state index in [1.54, 1.807) is 0 Å². The van der Waals surface area contributed by atoms with Gasteiger partial charge < -0.3 is 62.9 Å². The monoisotopic (exact) mass is 508 g/mol. The van der Waals surface area contributed by atoms with Gasteiger partial charge >= 0.3 is 13.8 Å². The van der Waals surface area contributed by atoms with Gasteiger partial charge in [-0.15, -0.1) is 0 Å². The number of rotatable bonds is 11. The summed E-state index contributed by atoms with van der Waals surface area (Å²) in [6.07, 6.45) is -12.1. The Hall–Kier alpha value is -1.47. The second kappa shape index (κ2) is 14.7. The molecule has 1 aliphatic carbocycles. The summed E-state index contributed by atoms with van der Waals surface area (Å²) in [7, 11) is -4.87. The van der Waals surface area contributed by atoms with E-state index >= 15 is 0 Å². The smallest absolute Gasteiger partial charge is 0.472 e. The van der Waals surface area contributed by atoms with Gasteiger partial charge in [0.15, 0.2) is 5.96 Å². The van der Waals surface area contributed by atoms with Gasteiger partial charge in [0.2, 0.25) is 0 Å². The SMILES string of the molecule is NC(N)=NCCCC(N)C(=O)O.O=P(O)(OC[C@@H](O)CO)OC1[C@H](O)[C@H](O)C(O)[C@H](O)[C@H]1O. The lowest BCUT2D eigenvalue weighted by Gasteiger charge is -2.41. The highest BCUT2D eigenvalue weighted by molar-refractivity contribution is 7.47. The fourth-order valence-electron chi connectivity index (χ4n) is 2.38. The van der Waals surface area contributed by atoms with Crippen molar-refractivity contribution in [3.8, 4) is 0 Å². The number of hydrogen-bond acceptors (Lipinski definition) is 13. The number of nitrogens with zero attached hydrogens (tertiary/aromatic N) is 1. The number of carboxylic acids is 1. The van der Waals surface area contributed by atoms with Crippen LogP contribution >= 0.6 is 7.82 Å². The zero-order chi connectivity index (χ0) is 25.9. The number of nitrogens with two attached hydrogens (primary N) is 3. The van der Waals surface area contributed by atoms with Gasteiger partial charge in [0.1, 0.15) is 48.8 Å². The van der Waals surface area contributed by atoms with Crippen LogP contribution in [0.15, 0.2) is 4.99 Å². The Labute approximate surface area is 188 Å². The molecule has 0 aliphatic heterocycles. The topological polar surface area (TPSA) is 325 Å². The normalized spacial score (nSPS) is 30.8. The van der Waals surface area contributed by atoms with Crippen LogP contribution in [0.3, 0.4) is 0 Å². The van der Waals surface area contributed by atoms with E-state index in [1.807, 2.05) is 0 Å². The van der Waals surface area contributed by atoms with E-state index in [0.29, 0.717) is 19.4 Å². The third-order valence-corrected chi connectivity index (χ3v) is 5.24. The Kier molecular flexibility index (Phi) is 14.1. The quantitative estimate of drug-likeness (QED) is 0.0534. The van der Waals surface area contributed by atoms with Gasteiger partial charge in [-0.1, -0.05) is 0 Å². The van der Waals surface area contributed by atoms with Gasteiger partial charge in [0.05, 0.1) is 13.2 Å².